The number of aromatic nitrogens is 2. The van der Waals surface area contributed by atoms with E-state index in [0.717, 1.165) is 10.0 Å². The zero-order valence-electron chi connectivity index (χ0n) is 12.9. The van der Waals surface area contributed by atoms with Gasteiger partial charge in [0.1, 0.15) is 5.56 Å². The third-order valence-electron chi connectivity index (χ3n) is 3.46. The van der Waals surface area contributed by atoms with Crippen molar-refractivity contribution in [2.45, 2.75) is 0 Å². The Hall–Kier alpha value is -2.66. The van der Waals surface area contributed by atoms with E-state index >= 15 is 0 Å². The molecule has 2 N–H and O–H groups in total. The zero-order valence-corrected chi connectivity index (χ0v) is 15.3. The van der Waals surface area contributed by atoms with Gasteiger partial charge in [-0.15, -0.1) is 5.73 Å². The highest BCUT2D eigenvalue weighted by molar-refractivity contribution is 9.10. The van der Waals surface area contributed by atoms with E-state index in [0.29, 0.717) is 5.69 Å². The summed E-state index contributed by atoms with van der Waals surface area (Å²) >= 11 is 8.57. The summed E-state index contributed by atoms with van der Waals surface area (Å²) in [6, 6.07) is 16.8. The molecule has 6 heteroatoms. The minimum Gasteiger partial charge on any atom is -0.494 e. The Morgan fingerprint density at radius 3 is 2.60 bits per heavy atom. The number of aromatic amines is 1. The Kier molecular flexibility index (Phi) is 5.14. The number of nitrogens with one attached hydrogen (secondary N) is 1. The summed E-state index contributed by atoms with van der Waals surface area (Å²) in [6.45, 7) is 0. The molecular weight excluding hydrogens is 400 g/mol. The van der Waals surface area contributed by atoms with Crippen LogP contribution >= 0.6 is 28.1 Å². The average molecular weight is 413 g/mol. The molecule has 0 saturated heterocycles. The molecular formula is C19H13BrN2O2S. The summed E-state index contributed by atoms with van der Waals surface area (Å²) in [5, 5.41) is 10.6. The molecule has 0 aliphatic heterocycles. The summed E-state index contributed by atoms with van der Waals surface area (Å²) in [6.07, 6.45) is 3.16. The quantitative estimate of drug-likeness (QED) is 0.484. The molecule has 0 fully saturated rings. The van der Waals surface area contributed by atoms with Crippen LogP contribution in [-0.4, -0.2) is 14.7 Å². The van der Waals surface area contributed by atoms with Gasteiger partial charge in [-0.2, -0.15) is 0 Å². The maximum Gasteiger partial charge on any atom is 0.263 e. The van der Waals surface area contributed by atoms with Gasteiger partial charge in [0.15, 0.2) is 4.77 Å². The van der Waals surface area contributed by atoms with Gasteiger partial charge in [-0.3, -0.25) is 14.3 Å². The third kappa shape index (κ3) is 3.88. The van der Waals surface area contributed by atoms with E-state index in [1.807, 2.05) is 42.5 Å². The number of H-pyrrole nitrogens is 1. The fraction of sp³-hybridized carbons (Fsp3) is 0. The van der Waals surface area contributed by atoms with E-state index in [2.05, 4.69) is 26.6 Å². The van der Waals surface area contributed by atoms with E-state index in [-0.39, 0.29) is 16.2 Å². The predicted molar refractivity (Wildman–Crippen MR) is 105 cm³/mol. The number of rotatable bonds is 3. The second-order valence-corrected chi connectivity index (χ2v) is 6.48. The SMILES string of the molecule is O=c1[nH]c(=S)n(-c2cccc(Br)c2)c(O)c1C=C=Cc1ccccc1. The summed E-state index contributed by atoms with van der Waals surface area (Å²) in [4.78, 5) is 14.7. The molecule has 0 spiro atoms. The molecule has 2 aromatic carbocycles. The van der Waals surface area contributed by atoms with Gasteiger partial charge in [0.2, 0.25) is 5.88 Å². The fourth-order valence-electron chi connectivity index (χ4n) is 2.29. The summed E-state index contributed by atoms with van der Waals surface area (Å²) in [7, 11) is 0. The predicted octanol–water partition coefficient (Wildman–Crippen LogP) is 4.69. The monoisotopic (exact) mass is 412 g/mol. The molecule has 0 saturated carbocycles. The van der Waals surface area contributed by atoms with Gasteiger partial charge in [-0.1, -0.05) is 52.3 Å². The van der Waals surface area contributed by atoms with Crippen molar-refractivity contribution in [3.05, 3.63) is 91.1 Å². The number of halogens is 1. The lowest BCUT2D eigenvalue weighted by molar-refractivity contribution is 0.432. The van der Waals surface area contributed by atoms with Crippen molar-refractivity contribution in [3.8, 4) is 11.6 Å². The molecule has 0 bridgehead atoms. The zero-order chi connectivity index (χ0) is 17.8. The van der Waals surface area contributed by atoms with Crippen molar-refractivity contribution < 1.29 is 5.11 Å². The maximum absolute atomic E-state index is 12.2. The smallest absolute Gasteiger partial charge is 0.263 e. The van der Waals surface area contributed by atoms with Crippen molar-refractivity contribution in [1.82, 2.24) is 9.55 Å². The van der Waals surface area contributed by atoms with Gasteiger partial charge >= 0.3 is 0 Å². The molecule has 0 radical (unpaired) electrons. The fourth-order valence-corrected chi connectivity index (χ4v) is 2.97. The normalized spacial score (nSPS) is 10.1. The summed E-state index contributed by atoms with van der Waals surface area (Å²) < 4.78 is 2.35. The summed E-state index contributed by atoms with van der Waals surface area (Å²) in [5.74, 6) is -0.235. The highest BCUT2D eigenvalue weighted by Gasteiger charge is 2.11. The first-order valence-corrected chi connectivity index (χ1v) is 8.58. The lowest BCUT2D eigenvalue weighted by atomic mass is 10.2. The Bertz CT molecular complexity index is 1090. The number of hydrogen-bond donors (Lipinski definition) is 2. The minimum atomic E-state index is -0.470. The Balaban J connectivity index is 2.12. The molecule has 0 atom stereocenters. The molecule has 0 unspecified atom stereocenters. The molecule has 0 aliphatic rings. The van der Waals surface area contributed by atoms with E-state index in [1.165, 1.54) is 10.6 Å². The van der Waals surface area contributed by atoms with Crippen LogP contribution in [0.3, 0.4) is 0 Å². The second kappa shape index (κ2) is 7.49. The van der Waals surface area contributed by atoms with Crippen LogP contribution in [-0.2, 0) is 0 Å². The van der Waals surface area contributed by atoms with E-state index in [1.54, 1.807) is 18.2 Å². The first kappa shape index (κ1) is 17.2. The molecule has 0 aliphatic carbocycles. The second-order valence-electron chi connectivity index (χ2n) is 5.18. The first-order chi connectivity index (χ1) is 12.1. The van der Waals surface area contributed by atoms with Crippen LogP contribution in [0.4, 0.5) is 0 Å². The topological polar surface area (TPSA) is 58.0 Å². The van der Waals surface area contributed by atoms with Crippen LogP contribution in [0.2, 0.25) is 0 Å². The van der Waals surface area contributed by atoms with Crippen LogP contribution in [0.25, 0.3) is 17.8 Å². The molecule has 124 valence electrons. The van der Waals surface area contributed by atoms with Crippen molar-refractivity contribution in [2.75, 3.05) is 0 Å². The van der Waals surface area contributed by atoms with Gasteiger partial charge < -0.3 is 5.11 Å². The van der Waals surface area contributed by atoms with Gasteiger partial charge in [-0.05, 0) is 48.1 Å². The van der Waals surface area contributed by atoms with Crippen LogP contribution in [0, 0.1) is 4.77 Å². The number of nitrogens with zero attached hydrogens (tertiary/aromatic N) is 1. The van der Waals surface area contributed by atoms with Gasteiger partial charge in [0, 0.05) is 4.47 Å². The van der Waals surface area contributed by atoms with Gasteiger partial charge in [0.25, 0.3) is 5.56 Å². The van der Waals surface area contributed by atoms with Crippen molar-refractivity contribution in [3.63, 3.8) is 0 Å². The molecule has 1 heterocycles. The van der Waals surface area contributed by atoms with Crippen molar-refractivity contribution in [1.29, 1.82) is 0 Å². The molecule has 3 aromatic rings. The minimum absolute atomic E-state index is 0.0840. The van der Waals surface area contributed by atoms with Crippen LogP contribution in [0.1, 0.15) is 11.1 Å². The van der Waals surface area contributed by atoms with Gasteiger partial charge in [-0.25, -0.2) is 0 Å². The highest BCUT2D eigenvalue weighted by atomic mass is 79.9. The van der Waals surface area contributed by atoms with Crippen molar-refractivity contribution >= 4 is 40.3 Å². The van der Waals surface area contributed by atoms with Crippen LogP contribution < -0.4 is 5.56 Å². The number of aromatic hydroxyl groups is 1. The Morgan fingerprint density at radius 2 is 1.88 bits per heavy atom. The highest BCUT2D eigenvalue weighted by Crippen LogP contribution is 2.22. The molecule has 0 amide bonds. The Labute approximate surface area is 157 Å². The van der Waals surface area contributed by atoms with E-state index in [4.69, 9.17) is 12.2 Å². The lowest BCUT2D eigenvalue weighted by Gasteiger charge is -2.11. The summed E-state index contributed by atoms with van der Waals surface area (Å²) in [5.41, 5.74) is 4.11. The first-order valence-electron chi connectivity index (χ1n) is 7.38. The molecule has 1 aromatic heterocycles. The number of benzene rings is 2. The van der Waals surface area contributed by atoms with Crippen LogP contribution in [0.15, 0.2) is 69.6 Å². The van der Waals surface area contributed by atoms with Crippen LogP contribution in [0.5, 0.6) is 5.88 Å². The lowest BCUT2D eigenvalue weighted by Crippen LogP contribution is -2.15. The maximum atomic E-state index is 12.2. The number of hydrogen-bond acceptors (Lipinski definition) is 3. The van der Waals surface area contributed by atoms with E-state index < -0.39 is 5.56 Å². The molecule has 3 rings (SSSR count). The average Bonchev–Trinajstić information content (AvgIpc) is 2.58. The van der Waals surface area contributed by atoms with Gasteiger partial charge in [0.05, 0.1) is 5.69 Å². The molecule has 25 heavy (non-hydrogen) atoms. The molecule has 4 nitrogen and oxygen atoms in total. The largest absolute Gasteiger partial charge is 0.494 e. The Morgan fingerprint density at radius 1 is 1.12 bits per heavy atom. The standard InChI is InChI=1S/C19H13BrN2O2S/c20-14-9-5-10-15(12-14)22-18(24)16(17(23)21-19(22)25)11-4-8-13-6-2-1-3-7-13/h1-3,5-12,24H,(H,21,23,25). The van der Waals surface area contributed by atoms with E-state index in [9.17, 15) is 9.90 Å². The third-order valence-corrected chi connectivity index (χ3v) is 4.24. The van der Waals surface area contributed by atoms with Crippen molar-refractivity contribution in [2.24, 2.45) is 0 Å².